The molecule has 0 aliphatic rings. The highest BCUT2D eigenvalue weighted by atomic mass is 16.5. The van der Waals surface area contributed by atoms with Gasteiger partial charge in [-0.25, -0.2) is 0 Å². The number of hydrogen-bond donors (Lipinski definition) is 1. The third-order valence-electron chi connectivity index (χ3n) is 3.26. The molecule has 0 saturated heterocycles. The topological polar surface area (TPSA) is 64.6 Å². The van der Waals surface area contributed by atoms with Crippen LogP contribution in [0.4, 0.5) is 0 Å². The van der Waals surface area contributed by atoms with Gasteiger partial charge >= 0.3 is 11.9 Å². The van der Waals surface area contributed by atoms with E-state index in [-0.39, 0.29) is 11.9 Å². The Hall–Kier alpha value is -1.10. The van der Waals surface area contributed by atoms with E-state index in [0.29, 0.717) is 38.5 Å². The average molecular weight is 287 g/mol. The zero-order valence-corrected chi connectivity index (χ0v) is 13.1. The Morgan fingerprint density at radius 3 is 2.30 bits per heavy atom. The summed E-state index contributed by atoms with van der Waals surface area (Å²) in [5.74, 6) is 0.0542. The summed E-state index contributed by atoms with van der Waals surface area (Å²) in [6.07, 6.45) is 5.19. The predicted molar refractivity (Wildman–Crippen MR) is 78.4 cm³/mol. The number of rotatable bonds is 12. The zero-order valence-electron chi connectivity index (χ0n) is 13.1. The number of hydrogen-bond acceptors (Lipinski definition) is 5. The van der Waals surface area contributed by atoms with Crippen molar-refractivity contribution in [3.63, 3.8) is 0 Å². The summed E-state index contributed by atoms with van der Waals surface area (Å²) in [7, 11) is 1.36. The Bertz CT molecular complexity index is 269. The van der Waals surface area contributed by atoms with Crippen molar-refractivity contribution in [2.45, 2.75) is 52.4 Å². The molecule has 5 heteroatoms. The molecule has 0 aromatic rings. The van der Waals surface area contributed by atoms with Crippen LogP contribution in [-0.2, 0) is 19.1 Å². The number of carbonyl (C=O) groups excluding carboxylic acids is 2. The second-order valence-electron chi connectivity index (χ2n) is 4.93. The van der Waals surface area contributed by atoms with E-state index >= 15 is 0 Å². The normalized spacial score (nSPS) is 11.9. The van der Waals surface area contributed by atoms with Crippen LogP contribution < -0.4 is 5.32 Å². The summed E-state index contributed by atoms with van der Waals surface area (Å²) >= 11 is 0. The molecular weight excluding hydrogens is 258 g/mol. The van der Waals surface area contributed by atoms with Crippen LogP contribution in [0.1, 0.15) is 52.4 Å². The predicted octanol–water partition coefficient (Wildman–Crippen LogP) is 2.29. The summed E-state index contributed by atoms with van der Waals surface area (Å²) < 4.78 is 9.79. The second-order valence-corrected chi connectivity index (χ2v) is 4.93. The Morgan fingerprint density at radius 2 is 1.75 bits per heavy atom. The van der Waals surface area contributed by atoms with Crippen molar-refractivity contribution in [2.24, 2.45) is 5.92 Å². The fourth-order valence-corrected chi connectivity index (χ4v) is 1.79. The number of methoxy groups -OCH3 is 1. The molecule has 1 atom stereocenters. The van der Waals surface area contributed by atoms with Gasteiger partial charge in [-0.15, -0.1) is 0 Å². The lowest BCUT2D eigenvalue weighted by Crippen LogP contribution is -2.23. The molecule has 0 fully saturated rings. The van der Waals surface area contributed by atoms with Crippen LogP contribution >= 0.6 is 0 Å². The maximum Gasteiger partial charge on any atom is 0.307 e. The van der Waals surface area contributed by atoms with Gasteiger partial charge in [0.25, 0.3) is 0 Å². The Kier molecular flexibility index (Phi) is 12.2. The molecule has 0 saturated carbocycles. The van der Waals surface area contributed by atoms with Gasteiger partial charge in [0, 0.05) is 13.1 Å². The van der Waals surface area contributed by atoms with Gasteiger partial charge in [-0.1, -0.05) is 33.1 Å². The molecule has 5 nitrogen and oxygen atoms in total. The van der Waals surface area contributed by atoms with Crippen LogP contribution in [-0.4, -0.2) is 38.7 Å². The summed E-state index contributed by atoms with van der Waals surface area (Å²) in [5, 5.41) is 3.02. The number of nitrogens with one attached hydrogen (secondary N) is 1. The summed E-state index contributed by atoms with van der Waals surface area (Å²) in [4.78, 5) is 22.4. The van der Waals surface area contributed by atoms with Crippen molar-refractivity contribution < 1.29 is 19.1 Å². The van der Waals surface area contributed by atoms with E-state index in [2.05, 4.69) is 23.9 Å². The molecule has 0 aromatic carbocycles. The van der Waals surface area contributed by atoms with Gasteiger partial charge in [0.15, 0.2) is 0 Å². The van der Waals surface area contributed by atoms with E-state index in [4.69, 9.17) is 4.74 Å². The standard InChI is InChI=1S/C15H29NO4/c1-4-6-7-13(5-2)12-20-15(18)9-11-16-10-8-14(17)19-3/h13,16H,4-12H2,1-3H3. The second kappa shape index (κ2) is 12.9. The van der Waals surface area contributed by atoms with Crippen molar-refractivity contribution in [1.29, 1.82) is 0 Å². The van der Waals surface area contributed by atoms with Gasteiger partial charge in [0.1, 0.15) is 0 Å². The van der Waals surface area contributed by atoms with E-state index in [9.17, 15) is 9.59 Å². The molecule has 118 valence electrons. The molecule has 0 aliphatic heterocycles. The van der Waals surface area contributed by atoms with Gasteiger partial charge in [-0.3, -0.25) is 9.59 Å². The molecule has 0 amide bonds. The van der Waals surface area contributed by atoms with Crippen molar-refractivity contribution in [3.8, 4) is 0 Å². The van der Waals surface area contributed by atoms with Crippen LogP contribution in [0, 0.1) is 5.92 Å². The molecule has 0 aliphatic carbocycles. The number of unbranched alkanes of at least 4 members (excludes halogenated alkanes) is 1. The largest absolute Gasteiger partial charge is 0.469 e. The lowest BCUT2D eigenvalue weighted by atomic mass is 10.0. The first-order chi connectivity index (χ1) is 9.63. The molecule has 0 heterocycles. The molecule has 0 aromatic heterocycles. The van der Waals surface area contributed by atoms with Crippen LogP contribution in [0.5, 0.6) is 0 Å². The van der Waals surface area contributed by atoms with E-state index in [1.807, 2.05) is 0 Å². The molecule has 0 radical (unpaired) electrons. The van der Waals surface area contributed by atoms with Crippen LogP contribution in [0.3, 0.4) is 0 Å². The van der Waals surface area contributed by atoms with Gasteiger partial charge in [-0.05, 0) is 12.3 Å². The van der Waals surface area contributed by atoms with Crippen molar-refractivity contribution in [1.82, 2.24) is 5.32 Å². The van der Waals surface area contributed by atoms with Crippen molar-refractivity contribution in [2.75, 3.05) is 26.8 Å². The Morgan fingerprint density at radius 1 is 1.10 bits per heavy atom. The number of carbonyl (C=O) groups is 2. The first-order valence-corrected chi connectivity index (χ1v) is 7.57. The Balaban J connectivity index is 3.55. The minimum atomic E-state index is -0.248. The molecule has 1 unspecified atom stereocenters. The quantitative estimate of drug-likeness (QED) is 0.441. The minimum Gasteiger partial charge on any atom is -0.469 e. The summed E-state index contributed by atoms with van der Waals surface area (Å²) in [6.45, 7) is 5.87. The third kappa shape index (κ3) is 10.8. The highest BCUT2D eigenvalue weighted by Gasteiger charge is 2.09. The first kappa shape index (κ1) is 18.9. The lowest BCUT2D eigenvalue weighted by Gasteiger charge is -2.14. The van der Waals surface area contributed by atoms with Crippen LogP contribution in [0.15, 0.2) is 0 Å². The minimum absolute atomic E-state index is 0.175. The Labute approximate surface area is 122 Å². The first-order valence-electron chi connectivity index (χ1n) is 7.57. The molecular formula is C15H29NO4. The van der Waals surface area contributed by atoms with Gasteiger partial charge < -0.3 is 14.8 Å². The fourth-order valence-electron chi connectivity index (χ4n) is 1.79. The average Bonchev–Trinajstić information content (AvgIpc) is 2.46. The van der Waals surface area contributed by atoms with E-state index in [1.165, 1.54) is 20.0 Å². The number of esters is 2. The van der Waals surface area contributed by atoms with E-state index in [1.54, 1.807) is 0 Å². The zero-order chi connectivity index (χ0) is 15.2. The summed E-state index contributed by atoms with van der Waals surface area (Å²) in [5.41, 5.74) is 0. The van der Waals surface area contributed by atoms with E-state index < -0.39 is 0 Å². The van der Waals surface area contributed by atoms with Crippen molar-refractivity contribution in [3.05, 3.63) is 0 Å². The van der Waals surface area contributed by atoms with Crippen molar-refractivity contribution >= 4 is 11.9 Å². The molecule has 0 rings (SSSR count). The van der Waals surface area contributed by atoms with E-state index in [0.717, 1.165) is 12.8 Å². The molecule has 1 N–H and O–H groups in total. The molecule has 0 spiro atoms. The maximum atomic E-state index is 11.5. The lowest BCUT2D eigenvalue weighted by molar-refractivity contribution is -0.145. The summed E-state index contributed by atoms with van der Waals surface area (Å²) in [6, 6.07) is 0. The molecule has 20 heavy (non-hydrogen) atoms. The monoisotopic (exact) mass is 287 g/mol. The van der Waals surface area contributed by atoms with Gasteiger partial charge in [0.05, 0.1) is 26.6 Å². The van der Waals surface area contributed by atoms with Gasteiger partial charge in [0.2, 0.25) is 0 Å². The smallest absolute Gasteiger partial charge is 0.307 e. The van der Waals surface area contributed by atoms with Crippen LogP contribution in [0.2, 0.25) is 0 Å². The maximum absolute atomic E-state index is 11.5. The van der Waals surface area contributed by atoms with Gasteiger partial charge in [-0.2, -0.15) is 0 Å². The fraction of sp³-hybridized carbons (Fsp3) is 0.867. The highest BCUT2D eigenvalue weighted by molar-refractivity contribution is 5.70. The SMILES string of the molecule is CCCCC(CC)COC(=O)CCNCCC(=O)OC. The third-order valence-corrected chi connectivity index (χ3v) is 3.26. The molecule has 0 bridgehead atoms. The van der Waals surface area contributed by atoms with Crippen LogP contribution in [0.25, 0.3) is 0 Å². The number of ether oxygens (including phenoxy) is 2. The highest BCUT2D eigenvalue weighted by Crippen LogP contribution is 2.12.